The van der Waals surface area contributed by atoms with Crippen LogP contribution in [0.1, 0.15) is 46.5 Å². The summed E-state index contributed by atoms with van der Waals surface area (Å²) in [6.45, 7) is 5.53. The van der Waals surface area contributed by atoms with Crippen molar-refractivity contribution in [1.29, 1.82) is 0 Å². The van der Waals surface area contributed by atoms with Gasteiger partial charge < -0.3 is 19.6 Å². The van der Waals surface area contributed by atoms with E-state index in [9.17, 15) is 9.59 Å². The fraction of sp³-hybridized carbons (Fsp3) is 0.857. The van der Waals surface area contributed by atoms with Crippen molar-refractivity contribution in [3.05, 3.63) is 0 Å². The van der Waals surface area contributed by atoms with E-state index in [1.807, 2.05) is 20.8 Å². The minimum Gasteiger partial charge on any atom is -0.444 e. The molecule has 0 heterocycles. The molecule has 0 aromatic carbocycles. The van der Waals surface area contributed by atoms with Gasteiger partial charge in [0, 0.05) is 13.2 Å². The standard InChI is InChI=1S/C14H25NO4/c1-14(2,3)19-13(17)15-11-7-5-10(6-8-11)12(9-16)18-4/h9-12H,5-8H2,1-4H3,(H,15,17)/t10-,11-,12-/m0/s1. The van der Waals surface area contributed by atoms with Gasteiger partial charge in [0.05, 0.1) is 0 Å². The van der Waals surface area contributed by atoms with Crippen molar-refractivity contribution in [2.45, 2.75) is 64.2 Å². The van der Waals surface area contributed by atoms with Gasteiger partial charge in [0.25, 0.3) is 0 Å². The molecule has 19 heavy (non-hydrogen) atoms. The lowest BCUT2D eigenvalue weighted by atomic mass is 9.83. The average molecular weight is 271 g/mol. The second kappa shape index (κ2) is 6.89. The molecule has 0 bridgehead atoms. The summed E-state index contributed by atoms with van der Waals surface area (Å²) in [5.41, 5.74) is -0.472. The predicted molar refractivity (Wildman–Crippen MR) is 72.0 cm³/mol. The zero-order valence-corrected chi connectivity index (χ0v) is 12.3. The van der Waals surface area contributed by atoms with E-state index in [-0.39, 0.29) is 24.2 Å². The van der Waals surface area contributed by atoms with Crippen molar-refractivity contribution in [2.75, 3.05) is 7.11 Å². The highest BCUT2D eigenvalue weighted by atomic mass is 16.6. The Labute approximate surface area is 115 Å². The minimum atomic E-state index is -0.472. The van der Waals surface area contributed by atoms with Gasteiger partial charge in [0.15, 0.2) is 0 Å². The third-order valence-corrected chi connectivity index (χ3v) is 3.36. The number of ether oxygens (including phenoxy) is 2. The van der Waals surface area contributed by atoms with E-state index >= 15 is 0 Å². The molecule has 1 saturated carbocycles. The zero-order chi connectivity index (χ0) is 14.5. The SMILES string of the molecule is CO[C@@H](C=O)[C@H]1CC[C@H](NC(=O)OC(C)(C)C)CC1. The summed E-state index contributed by atoms with van der Waals surface area (Å²) in [7, 11) is 1.56. The predicted octanol–water partition coefficient (Wildman–Crippen LogP) is 2.28. The fourth-order valence-electron chi connectivity index (χ4n) is 2.43. The second-order valence-electron chi connectivity index (χ2n) is 6.09. The van der Waals surface area contributed by atoms with Crippen LogP contribution in [-0.2, 0) is 14.3 Å². The molecule has 1 fully saturated rings. The van der Waals surface area contributed by atoms with Crippen molar-refractivity contribution >= 4 is 12.4 Å². The average Bonchev–Trinajstić information content (AvgIpc) is 2.30. The molecule has 1 N–H and O–H groups in total. The van der Waals surface area contributed by atoms with Gasteiger partial charge >= 0.3 is 6.09 Å². The smallest absolute Gasteiger partial charge is 0.407 e. The Morgan fingerprint density at radius 2 is 1.84 bits per heavy atom. The highest BCUT2D eigenvalue weighted by Gasteiger charge is 2.29. The van der Waals surface area contributed by atoms with Gasteiger partial charge in [-0.1, -0.05) is 0 Å². The molecule has 0 saturated heterocycles. The van der Waals surface area contributed by atoms with Gasteiger partial charge in [-0.05, 0) is 52.4 Å². The van der Waals surface area contributed by atoms with Crippen LogP contribution in [0.2, 0.25) is 0 Å². The number of hydrogen-bond donors (Lipinski definition) is 1. The Bertz CT molecular complexity index is 303. The Hall–Kier alpha value is -1.10. The van der Waals surface area contributed by atoms with E-state index in [0.717, 1.165) is 32.0 Å². The molecule has 1 aliphatic carbocycles. The monoisotopic (exact) mass is 271 g/mol. The van der Waals surface area contributed by atoms with E-state index in [1.165, 1.54) is 0 Å². The number of amides is 1. The first-order valence-corrected chi connectivity index (χ1v) is 6.83. The first kappa shape index (κ1) is 16.0. The van der Waals surface area contributed by atoms with Gasteiger partial charge in [-0.15, -0.1) is 0 Å². The number of rotatable bonds is 4. The molecule has 0 aromatic heterocycles. The van der Waals surface area contributed by atoms with Crippen LogP contribution < -0.4 is 5.32 Å². The number of hydrogen-bond acceptors (Lipinski definition) is 4. The molecule has 5 heteroatoms. The number of alkyl carbamates (subject to hydrolysis) is 1. The molecular formula is C14H25NO4. The quantitative estimate of drug-likeness (QED) is 0.797. The van der Waals surface area contributed by atoms with E-state index in [4.69, 9.17) is 9.47 Å². The Balaban J connectivity index is 2.34. The molecule has 0 aliphatic heterocycles. The van der Waals surface area contributed by atoms with E-state index in [0.29, 0.717) is 0 Å². The summed E-state index contributed by atoms with van der Waals surface area (Å²) < 4.78 is 10.4. The van der Waals surface area contributed by atoms with Crippen LogP contribution in [0.4, 0.5) is 4.79 Å². The molecule has 1 atom stereocenters. The van der Waals surface area contributed by atoms with Gasteiger partial charge in [0.2, 0.25) is 0 Å². The van der Waals surface area contributed by atoms with Crippen LogP contribution in [-0.4, -0.2) is 37.2 Å². The van der Waals surface area contributed by atoms with Crippen molar-refractivity contribution < 1.29 is 19.1 Å². The van der Waals surface area contributed by atoms with Crippen molar-refractivity contribution in [1.82, 2.24) is 5.32 Å². The topological polar surface area (TPSA) is 64.6 Å². The summed E-state index contributed by atoms with van der Waals surface area (Å²) in [5.74, 6) is 0.263. The van der Waals surface area contributed by atoms with E-state index in [2.05, 4.69) is 5.32 Å². The van der Waals surface area contributed by atoms with Crippen LogP contribution in [0.5, 0.6) is 0 Å². The Kier molecular flexibility index (Phi) is 5.79. The maximum absolute atomic E-state index is 11.6. The van der Waals surface area contributed by atoms with Gasteiger partial charge in [0.1, 0.15) is 18.0 Å². The summed E-state index contributed by atoms with van der Waals surface area (Å²) in [6.07, 6.45) is 3.67. The highest BCUT2D eigenvalue weighted by Crippen LogP contribution is 2.27. The summed E-state index contributed by atoms with van der Waals surface area (Å²) in [5, 5.41) is 2.88. The fourth-order valence-corrected chi connectivity index (χ4v) is 2.43. The third-order valence-electron chi connectivity index (χ3n) is 3.36. The lowest BCUT2D eigenvalue weighted by molar-refractivity contribution is -0.120. The van der Waals surface area contributed by atoms with Crippen LogP contribution >= 0.6 is 0 Å². The van der Waals surface area contributed by atoms with E-state index < -0.39 is 5.60 Å². The lowest BCUT2D eigenvalue weighted by Crippen LogP contribution is -2.42. The first-order valence-electron chi connectivity index (χ1n) is 6.83. The highest BCUT2D eigenvalue weighted by molar-refractivity contribution is 5.68. The number of methoxy groups -OCH3 is 1. The van der Waals surface area contributed by atoms with Crippen LogP contribution in [0, 0.1) is 5.92 Å². The van der Waals surface area contributed by atoms with Crippen LogP contribution in [0.3, 0.4) is 0 Å². The lowest BCUT2D eigenvalue weighted by Gasteiger charge is -2.31. The first-order chi connectivity index (χ1) is 8.85. The maximum atomic E-state index is 11.6. The largest absolute Gasteiger partial charge is 0.444 e. The molecule has 0 unspecified atom stereocenters. The molecule has 0 radical (unpaired) electrons. The maximum Gasteiger partial charge on any atom is 0.407 e. The van der Waals surface area contributed by atoms with Gasteiger partial charge in [-0.2, -0.15) is 0 Å². The second-order valence-corrected chi connectivity index (χ2v) is 6.09. The molecule has 1 aliphatic rings. The Morgan fingerprint density at radius 1 is 1.26 bits per heavy atom. The zero-order valence-electron chi connectivity index (χ0n) is 12.3. The van der Waals surface area contributed by atoms with Crippen molar-refractivity contribution in [3.8, 4) is 0 Å². The van der Waals surface area contributed by atoms with E-state index in [1.54, 1.807) is 7.11 Å². The molecule has 5 nitrogen and oxygen atoms in total. The summed E-state index contributed by atoms with van der Waals surface area (Å²) in [6, 6.07) is 0.134. The van der Waals surface area contributed by atoms with Crippen molar-refractivity contribution in [3.63, 3.8) is 0 Å². The molecular weight excluding hydrogens is 246 g/mol. The number of carbonyl (C=O) groups is 2. The molecule has 0 aromatic rings. The molecule has 0 spiro atoms. The van der Waals surface area contributed by atoms with Crippen LogP contribution in [0.15, 0.2) is 0 Å². The van der Waals surface area contributed by atoms with Crippen molar-refractivity contribution in [2.24, 2.45) is 5.92 Å². The Morgan fingerprint density at radius 3 is 2.26 bits per heavy atom. The molecule has 1 rings (SSSR count). The van der Waals surface area contributed by atoms with Crippen LogP contribution in [0.25, 0.3) is 0 Å². The van der Waals surface area contributed by atoms with Gasteiger partial charge in [-0.3, -0.25) is 0 Å². The van der Waals surface area contributed by atoms with Gasteiger partial charge in [-0.25, -0.2) is 4.79 Å². The number of aldehydes is 1. The minimum absolute atomic E-state index is 0.134. The molecule has 1 amide bonds. The third kappa shape index (κ3) is 5.59. The number of nitrogens with one attached hydrogen (secondary N) is 1. The number of carbonyl (C=O) groups excluding carboxylic acids is 2. The normalized spacial score (nSPS) is 25.5. The molecule has 110 valence electrons. The summed E-state index contributed by atoms with van der Waals surface area (Å²) >= 11 is 0. The summed E-state index contributed by atoms with van der Waals surface area (Å²) in [4.78, 5) is 22.5.